The van der Waals surface area contributed by atoms with Crippen LogP contribution in [0.4, 0.5) is 4.39 Å². The normalized spacial score (nSPS) is 9.64. The molecule has 3 heteroatoms. The molecule has 0 N–H and O–H groups in total. The number of aryl methyl sites for hydroxylation is 1. The van der Waals surface area contributed by atoms with Crippen LogP contribution >= 0.6 is 0 Å². The summed E-state index contributed by atoms with van der Waals surface area (Å²) in [6.07, 6.45) is 1.64. The van der Waals surface area contributed by atoms with Crippen molar-refractivity contribution in [3.05, 3.63) is 24.0 Å². The Balaban J connectivity index is 2.56. The fourth-order valence-corrected chi connectivity index (χ4v) is 0.766. The predicted octanol–water partition coefficient (Wildman–Crippen LogP) is 1.74. The van der Waals surface area contributed by atoms with Crippen LogP contribution in [0.3, 0.4) is 0 Å². The Morgan fingerprint density at radius 2 is 2.45 bits per heavy atom. The molecule has 11 heavy (non-hydrogen) atoms. The highest BCUT2D eigenvalue weighted by molar-refractivity contribution is 5.21. The second-order valence-electron chi connectivity index (χ2n) is 2.17. The zero-order chi connectivity index (χ0) is 8.10. The van der Waals surface area contributed by atoms with Gasteiger partial charge in [-0.05, 0) is 13.0 Å². The number of hydrogen-bond acceptors (Lipinski definition) is 2. The number of ether oxygens (including phenoxy) is 1. The van der Waals surface area contributed by atoms with Crippen LogP contribution in [0.1, 0.15) is 5.69 Å². The van der Waals surface area contributed by atoms with Gasteiger partial charge in [-0.3, -0.25) is 4.98 Å². The van der Waals surface area contributed by atoms with Gasteiger partial charge in [-0.1, -0.05) is 0 Å². The molecule has 0 radical (unpaired) electrons. The highest BCUT2D eigenvalue weighted by Crippen LogP contribution is 2.09. The second-order valence-corrected chi connectivity index (χ2v) is 2.17. The van der Waals surface area contributed by atoms with Crippen molar-refractivity contribution < 1.29 is 9.13 Å². The van der Waals surface area contributed by atoms with E-state index >= 15 is 0 Å². The zero-order valence-electron chi connectivity index (χ0n) is 6.38. The predicted molar refractivity (Wildman–Crippen MR) is 40.4 cm³/mol. The molecule has 1 heterocycles. The van der Waals surface area contributed by atoms with Crippen molar-refractivity contribution in [1.29, 1.82) is 0 Å². The summed E-state index contributed by atoms with van der Waals surface area (Å²) in [5.74, 6) is 0.676. The molecule has 0 aliphatic heterocycles. The third-order valence-electron chi connectivity index (χ3n) is 1.21. The Morgan fingerprint density at radius 1 is 1.64 bits per heavy atom. The maximum Gasteiger partial charge on any atom is 0.123 e. The summed E-state index contributed by atoms with van der Waals surface area (Å²) < 4.78 is 16.7. The number of alkyl halides is 1. The topological polar surface area (TPSA) is 22.1 Å². The lowest BCUT2D eigenvalue weighted by Gasteiger charge is -2.02. The van der Waals surface area contributed by atoms with Crippen LogP contribution < -0.4 is 4.74 Å². The third-order valence-corrected chi connectivity index (χ3v) is 1.21. The molecule has 0 aliphatic rings. The minimum Gasteiger partial charge on any atom is -0.491 e. The fraction of sp³-hybridized carbons (Fsp3) is 0.375. The van der Waals surface area contributed by atoms with Crippen molar-refractivity contribution in [2.24, 2.45) is 0 Å². The number of pyridine rings is 1. The minimum atomic E-state index is -0.457. The van der Waals surface area contributed by atoms with Crippen LogP contribution in [0.25, 0.3) is 0 Å². The molecule has 0 aromatic carbocycles. The molecule has 1 rings (SSSR count). The molecule has 0 fully saturated rings. The highest BCUT2D eigenvalue weighted by Gasteiger charge is 1.92. The van der Waals surface area contributed by atoms with Gasteiger partial charge in [0.25, 0.3) is 0 Å². The van der Waals surface area contributed by atoms with Crippen LogP contribution in [0.2, 0.25) is 0 Å². The minimum absolute atomic E-state index is 0.115. The van der Waals surface area contributed by atoms with Gasteiger partial charge in [-0.15, -0.1) is 0 Å². The summed E-state index contributed by atoms with van der Waals surface area (Å²) in [6.45, 7) is 1.52. The molecule has 0 amide bonds. The van der Waals surface area contributed by atoms with E-state index in [1.54, 1.807) is 18.3 Å². The first-order valence-electron chi connectivity index (χ1n) is 3.44. The molecular formula is C8H10FNO. The Morgan fingerprint density at radius 3 is 3.09 bits per heavy atom. The van der Waals surface area contributed by atoms with Crippen LogP contribution in [0.15, 0.2) is 18.3 Å². The lowest BCUT2D eigenvalue weighted by Crippen LogP contribution is -1.98. The Bertz CT molecular complexity index is 227. The van der Waals surface area contributed by atoms with E-state index in [1.807, 2.05) is 6.92 Å². The van der Waals surface area contributed by atoms with Gasteiger partial charge in [0.1, 0.15) is 19.0 Å². The van der Waals surface area contributed by atoms with Crippen molar-refractivity contribution in [1.82, 2.24) is 4.98 Å². The smallest absolute Gasteiger partial charge is 0.123 e. The van der Waals surface area contributed by atoms with E-state index in [0.29, 0.717) is 5.75 Å². The van der Waals surface area contributed by atoms with Crippen molar-refractivity contribution in [3.63, 3.8) is 0 Å². The standard InChI is InChI=1S/C8H10FNO/c1-7-6-8(2-4-10-7)11-5-3-9/h2,4,6H,3,5H2,1H3. The first-order chi connectivity index (χ1) is 5.33. The summed E-state index contributed by atoms with van der Waals surface area (Å²) in [6, 6.07) is 3.48. The van der Waals surface area contributed by atoms with Crippen LogP contribution in [-0.4, -0.2) is 18.3 Å². The first kappa shape index (κ1) is 7.98. The van der Waals surface area contributed by atoms with E-state index in [9.17, 15) is 4.39 Å². The van der Waals surface area contributed by atoms with Crippen molar-refractivity contribution in [2.75, 3.05) is 13.3 Å². The third kappa shape index (κ3) is 2.53. The molecule has 0 atom stereocenters. The largest absolute Gasteiger partial charge is 0.491 e. The molecule has 2 nitrogen and oxygen atoms in total. The van der Waals surface area contributed by atoms with Gasteiger partial charge in [0.15, 0.2) is 0 Å². The summed E-state index contributed by atoms with van der Waals surface area (Å²) in [5, 5.41) is 0. The van der Waals surface area contributed by atoms with Gasteiger partial charge >= 0.3 is 0 Å². The average Bonchev–Trinajstić information content (AvgIpc) is 2.01. The van der Waals surface area contributed by atoms with Crippen LogP contribution in [0, 0.1) is 6.92 Å². The van der Waals surface area contributed by atoms with Gasteiger partial charge in [0.05, 0.1) is 0 Å². The number of rotatable bonds is 3. The lowest BCUT2D eigenvalue weighted by molar-refractivity contribution is 0.273. The Kier molecular flexibility index (Phi) is 2.83. The van der Waals surface area contributed by atoms with E-state index in [-0.39, 0.29) is 6.61 Å². The van der Waals surface area contributed by atoms with Gasteiger partial charge in [-0.25, -0.2) is 4.39 Å². The fourth-order valence-electron chi connectivity index (χ4n) is 0.766. The van der Waals surface area contributed by atoms with Gasteiger partial charge in [0.2, 0.25) is 0 Å². The van der Waals surface area contributed by atoms with E-state index in [1.165, 1.54) is 0 Å². The molecule has 0 saturated heterocycles. The molecule has 0 spiro atoms. The number of hydrogen-bond donors (Lipinski definition) is 0. The molecule has 0 unspecified atom stereocenters. The summed E-state index contributed by atoms with van der Waals surface area (Å²) in [4.78, 5) is 3.97. The molecular weight excluding hydrogens is 145 g/mol. The summed E-state index contributed by atoms with van der Waals surface area (Å²) in [5.41, 5.74) is 0.876. The maximum absolute atomic E-state index is 11.6. The summed E-state index contributed by atoms with van der Waals surface area (Å²) >= 11 is 0. The quantitative estimate of drug-likeness (QED) is 0.663. The molecule has 1 aromatic rings. The van der Waals surface area contributed by atoms with E-state index < -0.39 is 6.67 Å². The molecule has 0 saturated carbocycles. The van der Waals surface area contributed by atoms with E-state index in [2.05, 4.69) is 4.98 Å². The molecule has 0 aliphatic carbocycles. The maximum atomic E-state index is 11.6. The molecule has 60 valence electrons. The monoisotopic (exact) mass is 155 g/mol. The van der Waals surface area contributed by atoms with Crippen molar-refractivity contribution in [2.45, 2.75) is 6.92 Å². The van der Waals surface area contributed by atoms with Gasteiger partial charge < -0.3 is 4.74 Å². The Labute approximate surface area is 65.0 Å². The van der Waals surface area contributed by atoms with Crippen LogP contribution in [-0.2, 0) is 0 Å². The number of halogens is 1. The molecule has 0 bridgehead atoms. The number of aromatic nitrogens is 1. The zero-order valence-corrected chi connectivity index (χ0v) is 6.38. The van der Waals surface area contributed by atoms with Gasteiger partial charge in [-0.2, -0.15) is 0 Å². The van der Waals surface area contributed by atoms with Crippen molar-refractivity contribution >= 4 is 0 Å². The number of nitrogens with zero attached hydrogens (tertiary/aromatic N) is 1. The average molecular weight is 155 g/mol. The second kappa shape index (κ2) is 3.91. The van der Waals surface area contributed by atoms with E-state index in [0.717, 1.165) is 5.69 Å². The molecule has 1 aromatic heterocycles. The Hall–Kier alpha value is -1.12. The van der Waals surface area contributed by atoms with E-state index in [4.69, 9.17) is 4.74 Å². The summed E-state index contributed by atoms with van der Waals surface area (Å²) in [7, 11) is 0. The first-order valence-corrected chi connectivity index (χ1v) is 3.44. The van der Waals surface area contributed by atoms with Gasteiger partial charge in [0, 0.05) is 18.0 Å². The van der Waals surface area contributed by atoms with Crippen molar-refractivity contribution in [3.8, 4) is 5.75 Å². The lowest BCUT2D eigenvalue weighted by atomic mass is 10.4. The van der Waals surface area contributed by atoms with Crippen LogP contribution in [0.5, 0.6) is 5.75 Å². The highest BCUT2D eigenvalue weighted by atomic mass is 19.1. The SMILES string of the molecule is Cc1cc(OCCF)ccn1.